The lowest BCUT2D eigenvalue weighted by Crippen LogP contribution is -2.39. The van der Waals surface area contributed by atoms with E-state index in [9.17, 15) is 9.18 Å². The molecular formula is C17H16FN5O2. The largest absolute Gasteiger partial charge is 0.357 e. The molecule has 8 heteroatoms. The van der Waals surface area contributed by atoms with Crippen LogP contribution in [0.1, 0.15) is 34.9 Å². The quantitative estimate of drug-likeness (QED) is 0.740. The lowest BCUT2D eigenvalue weighted by atomic mass is 9.97. The maximum atomic E-state index is 12.9. The van der Waals surface area contributed by atoms with Gasteiger partial charge in [0.1, 0.15) is 5.69 Å². The molecule has 25 heavy (non-hydrogen) atoms. The smallest absolute Gasteiger partial charge is 0.274 e. The number of pyridine rings is 1. The van der Waals surface area contributed by atoms with Gasteiger partial charge in [0.2, 0.25) is 5.95 Å². The van der Waals surface area contributed by atoms with Crippen LogP contribution in [0.4, 0.5) is 4.39 Å². The summed E-state index contributed by atoms with van der Waals surface area (Å²) in [6, 6.07) is 6.36. The van der Waals surface area contributed by atoms with Crippen molar-refractivity contribution in [3.05, 3.63) is 54.0 Å². The molecule has 0 aliphatic carbocycles. The molecule has 0 bridgehead atoms. The second-order valence-electron chi connectivity index (χ2n) is 6.00. The normalized spacial score (nSPS) is 17.6. The minimum absolute atomic E-state index is 0.0126. The number of carbonyl (C=O) groups is 1. The van der Waals surface area contributed by atoms with Crippen LogP contribution in [0.3, 0.4) is 0 Å². The molecule has 4 heterocycles. The predicted octanol–water partition coefficient (Wildman–Crippen LogP) is 2.62. The van der Waals surface area contributed by atoms with Crippen LogP contribution >= 0.6 is 0 Å². The summed E-state index contributed by atoms with van der Waals surface area (Å²) >= 11 is 0. The molecule has 1 fully saturated rings. The minimum Gasteiger partial charge on any atom is -0.357 e. The van der Waals surface area contributed by atoms with Gasteiger partial charge in [0.15, 0.2) is 5.82 Å². The fourth-order valence-corrected chi connectivity index (χ4v) is 3.03. The van der Waals surface area contributed by atoms with Crippen LogP contribution in [0.5, 0.6) is 0 Å². The number of nitrogens with zero attached hydrogens (tertiary/aromatic N) is 4. The van der Waals surface area contributed by atoms with Gasteiger partial charge in [-0.2, -0.15) is 9.37 Å². The first-order chi connectivity index (χ1) is 12.2. The number of carbonyl (C=O) groups excluding carboxylic acids is 1. The van der Waals surface area contributed by atoms with Crippen LogP contribution in [0.15, 0.2) is 41.2 Å². The number of rotatable bonds is 3. The zero-order valence-electron chi connectivity index (χ0n) is 13.4. The van der Waals surface area contributed by atoms with E-state index in [1.807, 2.05) is 12.1 Å². The van der Waals surface area contributed by atoms with Gasteiger partial charge < -0.3 is 14.4 Å². The van der Waals surface area contributed by atoms with E-state index >= 15 is 0 Å². The predicted molar refractivity (Wildman–Crippen MR) is 86.2 cm³/mol. The topological polar surface area (TPSA) is 87.9 Å². The van der Waals surface area contributed by atoms with Gasteiger partial charge in [-0.25, -0.2) is 4.98 Å². The van der Waals surface area contributed by atoms with Gasteiger partial charge in [0, 0.05) is 31.4 Å². The summed E-state index contributed by atoms with van der Waals surface area (Å²) in [6.45, 7) is 1.15. The van der Waals surface area contributed by atoms with E-state index in [0.717, 1.165) is 18.5 Å². The van der Waals surface area contributed by atoms with E-state index in [1.165, 1.54) is 18.3 Å². The summed E-state index contributed by atoms with van der Waals surface area (Å²) in [6.07, 6.45) is 4.78. The Bertz CT molecular complexity index is 860. The van der Waals surface area contributed by atoms with Crippen LogP contribution in [0.2, 0.25) is 0 Å². The number of halogens is 1. The van der Waals surface area contributed by atoms with Crippen molar-refractivity contribution in [2.75, 3.05) is 13.1 Å². The zero-order chi connectivity index (χ0) is 17.2. The highest BCUT2D eigenvalue weighted by Gasteiger charge is 2.29. The molecule has 0 saturated carbocycles. The fourth-order valence-electron chi connectivity index (χ4n) is 3.03. The van der Waals surface area contributed by atoms with Gasteiger partial charge >= 0.3 is 0 Å². The average Bonchev–Trinajstić information content (AvgIpc) is 3.33. The Morgan fingerprint density at radius 1 is 1.36 bits per heavy atom. The Morgan fingerprint density at radius 3 is 3.04 bits per heavy atom. The number of H-pyrrole nitrogens is 1. The summed E-state index contributed by atoms with van der Waals surface area (Å²) in [7, 11) is 0. The lowest BCUT2D eigenvalue weighted by molar-refractivity contribution is 0.0703. The monoisotopic (exact) mass is 341 g/mol. The number of hydrogen-bond acceptors (Lipinski definition) is 5. The van der Waals surface area contributed by atoms with Gasteiger partial charge in [-0.15, -0.1) is 0 Å². The highest BCUT2D eigenvalue weighted by Crippen LogP contribution is 2.27. The Hall–Kier alpha value is -3.03. The molecule has 0 unspecified atom stereocenters. The van der Waals surface area contributed by atoms with E-state index in [-0.39, 0.29) is 11.8 Å². The molecule has 1 aliphatic rings. The number of amides is 1. The van der Waals surface area contributed by atoms with E-state index in [1.54, 1.807) is 11.1 Å². The molecule has 3 aromatic rings. The van der Waals surface area contributed by atoms with Gasteiger partial charge in [-0.3, -0.25) is 4.79 Å². The molecule has 1 N–H and O–H groups in total. The number of aromatic nitrogens is 4. The zero-order valence-corrected chi connectivity index (χ0v) is 13.4. The van der Waals surface area contributed by atoms with Gasteiger partial charge in [0.05, 0.1) is 5.56 Å². The van der Waals surface area contributed by atoms with Crippen molar-refractivity contribution in [2.24, 2.45) is 0 Å². The Balaban J connectivity index is 1.49. The molecule has 0 aromatic carbocycles. The van der Waals surface area contributed by atoms with Crippen LogP contribution < -0.4 is 0 Å². The number of piperidine rings is 1. The summed E-state index contributed by atoms with van der Waals surface area (Å²) < 4.78 is 18.2. The molecule has 0 radical (unpaired) electrons. The van der Waals surface area contributed by atoms with Crippen molar-refractivity contribution >= 4 is 5.91 Å². The number of nitrogens with one attached hydrogen (secondary N) is 1. The van der Waals surface area contributed by atoms with Crippen molar-refractivity contribution in [2.45, 2.75) is 18.8 Å². The first-order valence-corrected chi connectivity index (χ1v) is 8.09. The van der Waals surface area contributed by atoms with Crippen molar-refractivity contribution in [3.8, 4) is 11.6 Å². The first kappa shape index (κ1) is 15.5. The number of hydrogen-bond donors (Lipinski definition) is 1. The summed E-state index contributed by atoms with van der Waals surface area (Å²) in [4.78, 5) is 25.3. The molecule has 0 spiro atoms. The van der Waals surface area contributed by atoms with E-state index < -0.39 is 5.95 Å². The van der Waals surface area contributed by atoms with Crippen LogP contribution in [-0.4, -0.2) is 44.0 Å². The Morgan fingerprint density at radius 2 is 2.28 bits per heavy atom. The van der Waals surface area contributed by atoms with E-state index in [2.05, 4.69) is 20.1 Å². The summed E-state index contributed by atoms with van der Waals surface area (Å²) in [5, 5.41) is 4.07. The Labute approximate surface area is 142 Å². The highest BCUT2D eigenvalue weighted by molar-refractivity contribution is 5.94. The molecule has 128 valence electrons. The number of likely N-dealkylation sites (tertiary alicyclic amines) is 1. The first-order valence-electron chi connectivity index (χ1n) is 8.09. The third kappa shape index (κ3) is 3.15. The fraction of sp³-hybridized carbons (Fsp3) is 0.294. The molecular weight excluding hydrogens is 325 g/mol. The highest BCUT2D eigenvalue weighted by atomic mass is 19.1. The molecule has 1 aliphatic heterocycles. The molecule has 1 atom stereocenters. The molecule has 3 aromatic heterocycles. The van der Waals surface area contributed by atoms with E-state index in [0.29, 0.717) is 30.4 Å². The van der Waals surface area contributed by atoms with Crippen molar-refractivity contribution in [1.29, 1.82) is 0 Å². The van der Waals surface area contributed by atoms with Crippen LogP contribution in [-0.2, 0) is 0 Å². The van der Waals surface area contributed by atoms with E-state index in [4.69, 9.17) is 4.52 Å². The average molecular weight is 341 g/mol. The minimum atomic E-state index is -0.600. The third-order valence-corrected chi connectivity index (χ3v) is 4.32. The summed E-state index contributed by atoms with van der Waals surface area (Å²) in [5.41, 5.74) is 1.14. The molecule has 1 amide bonds. The lowest BCUT2D eigenvalue weighted by Gasteiger charge is -2.31. The Kier molecular flexibility index (Phi) is 4.01. The number of aromatic amines is 1. The van der Waals surface area contributed by atoms with Crippen molar-refractivity contribution in [1.82, 2.24) is 25.0 Å². The van der Waals surface area contributed by atoms with Crippen molar-refractivity contribution < 1.29 is 13.7 Å². The van der Waals surface area contributed by atoms with Crippen molar-refractivity contribution in [3.63, 3.8) is 0 Å². The maximum absolute atomic E-state index is 12.9. The van der Waals surface area contributed by atoms with Gasteiger partial charge in [-0.05, 0) is 37.1 Å². The summed E-state index contributed by atoms with van der Waals surface area (Å²) in [5.74, 6) is 0.283. The van der Waals surface area contributed by atoms with Gasteiger partial charge in [0.25, 0.3) is 11.8 Å². The van der Waals surface area contributed by atoms with Crippen LogP contribution in [0, 0.1) is 5.95 Å². The van der Waals surface area contributed by atoms with Crippen LogP contribution in [0.25, 0.3) is 11.6 Å². The second-order valence-corrected chi connectivity index (χ2v) is 6.00. The SMILES string of the molecule is O=C(c1ccc(F)nc1)N1CCC[C@H](c2noc(-c3ccc[nH]3)n2)C1. The van der Waals surface area contributed by atoms with Gasteiger partial charge in [-0.1, -0.05) is 5.16 Å². The standard InChI is InChI=1S/C17H16FN5O2/c18-14-6-5-11(9-20-14)17(24)23-8-2-3-12(10-23)15-21-16(25-22-15)13-4-1-7-19-13/h1,4-7,9,12,19H,2-3,8,10H2/t12-/m0/s1. The maximum Gasteiger partial charge on any atom is 0.274 e. The molecule has 4 rings (SSSR count). The second kappa shape index (κ2) is 6.46. The molecule has 7 nitrogen and oxygen atoms in total. The molecule has 1 saturated heterocycles. The third-order valence-electron chi connectivity index (χ3n) is 4.32.